The lowest BCUT2D eigenvalue weighted by atomic mass is 10.1. The molecule has 0 radical (unpaired) electrons. The molecule has 100 valence electrons. The molecule has 0 saturated heterocycles. The monoisotopic (exact) mass is 271 g/mol. The number of aryl methyl sites for hydroxylation is 1. The molecule has 0 spiro atoms. The van der Waals surface area contributed by atoms with Gasteiger partial charge in [0, 0.05) is 5.56 Å². The molecule has 7 nitrogen and oxygen atoms in total. The fourth-order valence-electron chi connectivity index (χ4n) is 1.75. The highest BCUT2D eigenvalue weighted by Crippen LogP contribution is 2.21. The molecule has 2 N–H and O–H groups in total. The predicted octanol–water partition coefficient (Wildman–Crippen LogP) is 1.15. The molecule has 3 rings (SSSR count). The van der Waals surface area contributed by atoms with Gasteiger partial charge in [-0.05, 0) is 24.6 Å². The molecule has 20 heavy (non-hydrogen) atoms. The Morgan fingerprint density at radius 2 is 2.05 bits per heavy atom. The second-order valence-corrected chi connectivity index (χ2v) is 4.12. The molecule has 0 aliphatic heterocycles. The van der Waals surface area contributed by atoms with Crippen LogP contribution in [0.3, 0.4) is 0 Å². The molecule has 2 aromatic heterocycles. The first-order valence-electron chi connectivity index (χ1n) is 5.76. The summed E-state index contributed by atoms with van der Waals surface area (Å²) in [7, 11) is 0. The zero-order valence-electron chi connectivity index (χ0n) is 10.5. The number of nitrogens with zero attached hydrogens (tertiary/aromatic N) is 6. The molecule has 0 bridgehead atoms. The lowest BCUT2D eigenvalue weighted by molar-refractivity contribution is 0.627. The van der Waals surface area contributed by atoms with Crippen LogP contribution < -0.4 is 5.73 Å². The van der Waals surface area contributed by atoms with Crippen LogP contribution in [0.4, 0.5) is 10.3 Å². The van der Waals surface area contributed by atoms with Gasteiger partial charge in [-0.1, -0.05) is 6.07 Å². The van der Waals surface area contributed by atoms with E-state index in [4.69, 9.17) is 5.73 Å². The minimum Gasteiger partial charge on any atom is -0.368 e. The molecular formula is C12H10FN7. The van der Waals surface area contributed by atoms with Crippen LogP contribution >= 0.6 is 0 Å². The summed E-state index contributed by atoms with van der Waals surface area (Å²) < 4.78 is 14.7. The molecule has 0 saturated carbocycles. The van der Waals surface area contributed by atoms with Crippen LogP contribution in [-0.4, -0.2) is 29.7 Å². The first-order valence-corrected chi connectivity index (χ1v) is 5.76. The third kappa shape index (κ3) is 2.18. The predicted molar refractivity (Wildman–Crippen MR) is 69.3 cm³/mol. The second-order valence-electron chi connectivity index (χ2n) is 4.12. The number of benzene rings is 1. The van der Waals surface area contributed by atoms with Crippen LogP contribution in [0.15, 0.2) is 30.9 Å². The second kappa shape index (κ2) is 4.65. The average Bonchev–Trinajstić information content (AvgIpc) is 2.95. The van der Waals surface area contributed by atoms with E-state index in [9.17, 15) is 4.39 Å². The van der Waals surface area contributed by atoms with Gasteiger partial charge in [-0.25, -0.2) is 9.37 Å². The zero-order chi connectivity index (χ0) is 14.1. The lowest BCUT2D eigenvalue weighted by Gasteiger charge is -2.07. The van der Waals surface area contributed by atoms with Gasteiger partial charge >= 0.3 is 0 Å². The molecule has 0 fully saturated rings. The molecule has 0 atom stereocenters. The van der Waals surface area contributed by atoms with Crippen LogP contribution in [0.25, 0.3) is 17.3 Å². The molecule has 0 amide bonds. The van der Waals surface area contributed by atoms with E-state index < -0.39 is 0 Å². The maximum absolute atomic E-state index is 13.4. The van der Waals surface area contributed by atoms with Crippen LogP contribution in [0.1, 0.15) is 5.56 Å². The van der Waals surface area contributed by atoms with E-state index in [2.05, 4.69) is 25.0 Å². The van der Waals surface area contributed by atoms with E-state index in [0.29, 0.717) is 11.4 Å². The van der Waals surface area contributed by atoms with Crippen molar-refractivity contribution in [2.24, 2.45) is 0 Å². The van der Waals surface area contributed by atoms with Crippen molar-refractivity contribution in [3.8, 4) is 17.3 Å². The number of hydrogen-bond acceptors (Lipinski definition) is 6. The maximum atomic E-state index is 13.4. The molecule has 0 unspecified atom stereocenters. The summed E-state index contributed by atoms with van der Waals surface area (Å²) in [4.78, 5) is 16.1. The van der Waals surface area contributed by atoms with Gasteiger partial charge in [-0.2, -0.15) is 24.7 Å². The summed E-state index contributed by atoms with van der Waals surface area (Å²) in [6.07, 6.45) is 2.80. The topological polar surface area (TPSA) is 95.4 Å². The van der Waals surface area contributed by atoms with Gasteiger partial charge in [0.15, 0.2) is 5.82 Å². The van der Waals surface area contributed by atoms with Crippen molar-refractivity contribution in [2.45, 2.75) is 6.92 Å². The Kier molecular flexibility index (Phi) is 2.82. The van der Waals surface area contributed by atoms with Crippen molar-refractivity contribution in [2.75, 3.05) is 5.73 Å². The van der Waals surface area contributed by atoms with Crippen LogP contribution in [0.2, 0.25) is 0 Å². The number of hydrogen-bond donors (Lipinski definition) is 1. The normalized spacial score (nSPS) is 10.7. The van der Waals surface area contributed by atoms with Gasteiger partial charge < -0.3 is 5.73 Å². The van der Waals surface area contributed by atoms with Gasteiger partial charge in [0.25, 0.3) is 5.95 Å². The number of nitrogens with two attached hydrogens (primary N) is 1. The van der Waals surface area contributed by atoms with Gasteiger partial charge in [0.05, 0.1) is 0 Å². The third-order valence-corrected chi connectivity index (χ3v) is 2.71. The Hall–Kier alpha value is -2.90. The van der Waals surface area contributed by atoms with E-state index in [1.165, 1.54) is 29.5 Å². The first-order chi connectivity index (χ1) is 9.63. The maximum Gasteiger partial charge on any atom is 0.257 e. The Labute approximate surface area is 113 Å². The van der Waals surface area contributed by atoms with Crippen molar-refractivity contribution in [1.29, 1.82) is 0 Å². The molecule has 8 heteroatoms. The standard InChI is InChI=1S/C12H10FN7/c1-7-2-3-8(13)4-9(7)10-17-11(14)19-12(18-10)20-6-15-5-16-20/h2-6H,1H3,(H2,14,17,18,19). The fourth-order valence-corrected chi connectivity index (χ4v) is 1.75. The molecule has 1 aromatic carbocycles. The van der Waals surface area contributed by atoms with Crippen LogP contribution in [0.5, 0.6) is 0 Å². The quantitative estimate of drug-likeness (QED) is 0.751. The third-order valence-electron chi connectivity index (χ3n) is 2.71. The fraction of sp³-hybridized carbons (Fsp3) is 0.0833. The lowest BCUT2D eigenvalue weighted by Crippen LogP contribution is -2.08. The highest BCUT2D eigenvalue weighted by molar-refractivity contribution is 5.61. The van der Waals surface area contributed by atoms with Crippen molar-refractivity contribution < 1.29 is 4.39 Å². The first kappa shape index (κ1) is 12.2. The molecule has 0 aliphatic carbocycles. The van der Waals surface area contributed by atoms with Crippen LogP contribution in [-0.2, 0) is 0 Å². The van der Waals surface area contributed by atoms with Crippen molar-refractivity contribution in [1.82, 2.24) is 29.7 Å². The largest absolute Gasteiger partial charge is 0.368 e. The van der Waals surface area contributed by atoms with Crippen molar-refractivity contribution in [3.05, 3.63) is 42.2 Å². The minimum atomic E-state index is -0.369. The summed E-state index contributed by atoms with van der Waals surface area (Å²) in [5.74, 6) is 0.185. The summed E-state index contributed by atoms with van der Waals surface area (Å²) >= 11 is 0. The summed E-state index contributed by atoms with van der Waals surface area (Å²) in [6, 6.07) is 4.39. The summed E-state index contributed by atoms with van der Waals surface area (Å²) in [5.41, 5.74) is 7.06. The number of rotatable bonds is 2. The zero-order valence-corrected chi connectivity index (χ0v) is 10.5. The van der Waals surface area contributed by atoms with Gasteiger partial charge in [-0.15, -0.1) is 0 Å². The Balaban J connectivity index is 2.17. The molecular weight excluding hydrogens is 261 g/mol. The number of halogens is 1. The Morgan fingerprint density at radius 3 is 2.80 bits per heavy atom. The van der Waals surface area contributed by atoms with E-state index in [1.807, 2.05) is 6.92 Å². The van der Waals surface area contributed by atoms with E-state index in [0.717, 1.165) is 5.56 Å². The van der Waals surface area contributed by atoms with Crippen molar-refractivity contribution in [3.63, 3.8) is 0 Å². The molecule has 2 heterocycles. The Morgan fingerprint density at radius 1 is 1.20 bits per heavy atom. The van der Waals surface area contributed by atoms with E-state index >= 15 is 0 Å². The van der Waals surface area contributed by atoms with Gasteiger partial charge in [0.1, 0.15) is 18.5 Å². The number of nitrogen functional groups attached to an aromatic ring is 1. The van der Waals surface area contributed by atoms with Gasteiger partial charge in [-0.3, -0.25) is 0 Å². The average molecular weight is 271 g/mol. The number of aromatic nitrogens is 6. The molecule has 3 aromatic rings. The summed E-state index contributed by atoms with van der Waals surface area (Å²) in [6.45, 7) is 1.84. The van der Waals surface area contributed by atoms with Crippen molar-refractivity contribution >= 4 is 5.95 Å². The minimum absolute atomic E-state index is 0.0316. The smallest absolute Gasteiger partial charge is 0.257 e. The Bertz CT molecular complexity index is 755. The molecule has 0 aliphatic rings. The number of anilines is 1. The SMILES string of the molecule is Cc1ccc(F)cc1-c1nc(N)nc(-n2cncn2)n1. The van der Waals surface area contributed by atoms with Gasteiger partial charge in [0.2, 0.25) is 5.95 Å². The van der Waals surface area contributed by atoms with E-state index in [1.54, 1.807) is 6.07 Å². The highest BCUT2D eigenvalue weighted by Gasteiger charge is 2.11. The van der Waals surface area contributed by atoms with E-state index in [-0.39, 0.29) is 17.7 Å². The van der Waals surface area contributed by atoms with Crippen LogP contribution in [0, 0.1) is 12.7 Å². The summed E-state index contributed by atoms with van der Waals surface area (Å²) in [5, 5.41) is 3.93. The highest BCUT2D eigenvalue weighted by atomic mass is 19.1.